The molecule has 2 N–H and O–H groups in total. The van der Waals surface area contributed by atoms with Crippen LogP contribution < -0.4 is 5.32 Å². The summed E-state index contributed by atoms with van der Waals surface area (Å²) in [6.07, 6.45) is -2.50. The zero-order chi connectivity index (χ0) is 10.2. The van der Waals surface area contributed by atoms with E-state index in [2.05, 4.69) is 15.5 Å². The molecular weight excluding hydrogens is 231 g/mol. The fraction of sp³-hybridized carbons (Fsp3) is 0.625. The van der Waals surface area contributed by atoms with Crippen LogP contribution in [-0.4, -0.2) is 16.7 Å². The molecule has 1 aromatic heterocycles. The van der Waals surface area contributed by atoms with Crippen molar-refractivity contribution in [2.45, 2.75) is 25.1 Å². The lowest BCUT2D eigenvalue weighted by molar-refractivity contribution is -0.141. The van der Waals surface area contributed by atoms with Crippen LogP contribution >= 0.6 is 12.4 Å². The van der Waals surface area contributed by atoms with Gasteiger partial charge < -0.3 is 5.32 Å². The monoisotopic (exact) mass is 241 g/mol. The Labute approximate surface area is 90.8 Å². The molecule has 0 spiro atoms. The Kier molecular flexibility index (Phi) is 3.62. The largest absolute Gasteiger partial charge is 0.435 e. The number of nitrogens with zero attached hydrogens (tertiary/aromatic N) is 1. The Hall–Kier alpha value is -0.750. The molecule has 1 unspecified atom stereocenters. The van der Waals surface area contributed by atoms with Crippen LogP contribution in [-0.2, 0) is 6.18 Å². The van der Waals surface area contributed by atoms with Crippen molar-refractivity contribution in [2.75, 3.05) is 6.54 Å². The van der Waals surface area contributed by atoms with E-state index in [9.17, 15) is 13.2 Å². The first-order chi connectivity index (χ1) is 6.57. The summed E-state index contributed by atoms with van der Waals surface area (Å²) < 4.78 is 36.6. The van der Waals surface area contributed by atoms with Crippen LogP contribution in [0.25, 0.3) is 0 Å². The van der Waals surface area contributed by atoms with Gasteiger partial charge in [0, 0.05) is 6.04 Å². The van der Waals surface area contributed by atoms with Crippen molar-refractivity contribution < 1.29 is 13.2 Å². The van der Waals surface area contributed by atoms with E-state index in [1.807, 2.05) is 0 Å². The Morgan fingerprint density at radius 1 is 1.40 bits per heavy atom. The summed E-state index contributed by atoms with van der Waals surface area (Å²) in [5.41, 5.74) is -0.323. The molecule has 0 bridgehead atoms. The Bertz CT molecular complexity index is 317. The number of rotatable bonds is 1. The van der Waals surface area contributed by atoms with Crippen molar-refractivity contribution in [1.29, 1.82) is 0 Å². The van der Waals surface area contributed by atoms with Crippen molar-refractivity contribution in [3.8, 4) is 0 Å². The van der Waals surface area contributed by atoms with Gasteiger partial charge in [0.25, 0.3) is 0 Å². The highest BCUT2D eigenvalue weighted by molar-refractivity contribution is 5.85. The Morgan fingerprint density at radius 3 is 2.60 bits per heavy atom. The van der Waals surface area contributed by atoms with Crippen LogP contribution in [0.2, 0.25) is 0 Å². The number of aromatic nitrogens is 2. The summed E-state index contributed by atoms with van der Waals surface area (Å²) in [5.74, 6) is 0. The molecule has 0 amide bonds. The predicted octanol–water partition coefficient (Wildman–Crippen LogP) is 2.27. The van der Waals surface area contributed by atoms with E-state index in [0.717, 1.165) is 25.5 Å². The molecule has 15 heavy (non-hydrogen) atoms. The predicted molar refractivity (Wildman–Crippen MR) is 50.8 cm³/mol. The minimum absolute atomic E-state index is 0. The lowest BCUT2D eigenvalue weighted by Gasteiger charge is -2.05. The second-order valence-corrected chi connectivity index (χ2v) is 3.36. The maximum Gasteiger partial charge on any atom is 0.435 e. The molecule has 2 rings (SSSR count). The molecule has 3 nitrogen and oxygen atoms in total. The normalized spacial score (nSPS) is 21.4. The summed E-state index contributed by atoms with van der Waals surface area (Å²) >= 11 is 0. The van der Waals surface area contributed by atoms with Gasteiger partial charge in [-0.25, -0.2) is 0 Å². The first kappa shape index (κ1) is 12.3. The maximum absolute atomic E-state index is 12.2. The van der Waals surface area contributed by atoms with Crippen LogP contribution in [0.4, 0.5) is 13.2 Å². The number of hydrogen-bond acceptors (Lipinski definition) is 2. The minimum atomic E-state index is -4.35. The Morgan fingerprint density at radius 2 is 2.13 bits per heavy atom. The Balaban J connectivity index is 0.00000112. The molecule has 1 fully saturated rings. The smallest absolute Gasteiger partial charge is 0.309 e. The van der Waals surface area contributed by atoms with Crippen LogP contribution in [0.15, 0.2) is 6.07 Å². The van der Waals surface area contributed by atoms with Crippen molar-refractivity contribution in [3.63, 3.8) is 0 Å². The first-order valence-corrected chi connectivity index (χ1v) is 4.43. The minimum Gasteiger partial charge on any atom is -0.309 e. The van der Waals surface area contributed by atoms with E-state index in [-0.39, 0.29) is 18.4 Å². The molecule has 1 aromatic rings. The van der Waals surface area contributed by atoms with Gasteiger partial charge in [-0.05, 0) is 25.5 Å². The number of hydrogen-bond donors (Lipinski definition) is 2. The molecule has 0 aliphatic carbocycles. The van der Waals surface area contributed by atoms with Crippen LogP contribution in [0.1, 0.15) is 30.3 Å². The third kappa shape index (κ3) is 2.63. The molecule has 0 saturated carbocycles. The standard InChI is InChI=1S/C8H10F3N3.ClH/c9-8(10,11)7-4-6(13-14-7)5-2-1-3-12-5;/h4-5,12H,1-3H2,(H,13,14);1H. The van der Waals surface area contributed by atoms with Crippen molar-refractivity contribution >= 4 is 12.4 Å². The average Bonchev–Trinajstić information content (AvgIpc) is 2.73. The number of nitrogens with one attached hydrogen (secondary N) is 2. The fourth-order valence-electron chi connectivity index (χ4n) is 1.61. The third-order valence-corrected chi connectivity index (χ3v) is 2.32. The van der Waals surface area contributed by atoms with Crippen LogP contribution in [0.3, 0.4) is 0 Å². The number of H-pyrrole nitrogens is 1. The lowest BCUT2D eigenvalue weighted by Crippen LogP contribution is -2.13. The van der Waals surface area contributed by atoms with E-state index in [1.54, 1.807) is 0 Å². The van der Waals surface area contributed by atoms with Crippen LogP contribution in [0, 0.1) is 0 Å². The highest BCUT2D eigenvalue weighted by Gasteiger charge is 2.34. The summed E-state index contributed by atoms with van der Waals surface area (Å²) in [7, 11) is 0. The van der Waals surface area contributed by atoms with E-state index < -0.39 is 11.9 Å². The molecule has 2 heterocycles. The van der Waals surface area contributed by atoms with Gasteiger partial charge in [0.2, 0.25) is 0 Å². The lowest BCUT2D eigenvalue weighted by atomic mass is 10.1. The van der Waals surface area contributed by atoms with E-state index in [1.165, 1.54) is 0 Å². The zero-order valence-electron chi connectivity index (χ0n) is 7.77. The number of halogens is 4. The maximum atomic E-state index is 12.2. The molecule has 7 heteroatoms. The SMILES string of the molecule is Cl.FC(F)(F)c1cc(C2CCCN2)[nH]n1. The molecule has 1 atom stereocenters. The van der Waals surface area contributed by atoms with Gasteiger partial charge in [0.1, 0.15) is 0 Å². The van der Waals surface area contributed by atoms with Crippen molar-refractivity contribution in [1.82, 2.24) is 15.5 Å². The first-order valence-electron chi connectivity index (χ1n) is 4.43. The van der Waals surface area contributed by atoms with Gasteiger partial charge in [-0.1, -0.05) is 0 Å². The highest BCUT2D eigenvalue weighted by Crippen LogP contribution is 2.30. The quantitative estimate of drug-likeness (QED) is 0.792. The summed E-state index contributed by atoms with van der Waals surface area (Å²) in [5, 5.41) is 8.76. The third-order valence-electron chi connectivity index (χ3n) is 2.32. The topological polar surface area (TPSA) is 40.7 Å². The van der Waals surface area contributed by atoms with Gasteiger partial charge in [-0.3, -0.25) is 5.10 Å². The van der Waals surface area contributed by atoms with Crippen LogP contribution in [0.5, 0.6) is 0 Å². The molecule has 1 aliphatic heterocycles. The summed E-state index contributed by atoms with van der Waals surface area (Å²) in [4.78, 5) is 0. The average molecular weight is 242 g/mol. The van der Waals surface area contributed by atoms with Gasteiger partial charge in [-0.15, -0.1) is 12.4 Å². The van der Waals surface area contributed by atoms with Gasteiger partial charge >= 0.3 is 6.18 Å². The molecule has 0 radical (unpaired) electrons. The van der Waals surface area contributed by atoms with Gasteiger partial charge in [-0.2, -0.15) is 18.3 Å². The molecule has 1 aliphatic rings. The highest BCUT2D eigenvalue weighted by atomic mass is 35.5. The zero-order valence-corrected chi connectivity index (χ0v) is 8.58. The van der Waals surface area contributed by atoms with E-state index >= 15 is 0 Å². The van der Waals surface area contributed by atoms with Gasteiger partial charge in [0.05, 0.1) is 5.69 Å². The second kappa shape index (κ2) is 4.40. The van der Waals surface area contributed by atoms with Crippen molar-refractivity contribution in [3.05, 3.63) is 17.5 Å². The molecular formula is C8H11ClF3N3. The summed E-state index contributed by atoms with van der Waals surface area (Å²) in [6, 6.07) is 1.07. The second-order valence-electron chi connectivity index (χ2n) is 3.36. The molecule has 1 saturated heterocycles. The number of alkyl halides is 3. The molecule has 0 aromatic carbocycles. The number of aromatic amines is 1. The molecule has 86 valence electrons. The van der Waals surface area contributed by atoms with E-state index in [4.69, 9.17) is 0 Å². The van der Waals surface area contributed by atoms with Gasteiger partial charge in [0.15, 0.2) is 5.69 Å². The summed E-state index contributed by atoms with van der Waals surface area (Å²) in [6.45, 7) is 0.852. The van der Waals surface area contributed by atoms with Crippen molar-refractivity contribution in [2.24, 2.45) is 0 Å². The van der Waals surface area contributed by atoms with E-state index in [0.29, 0.717) is 5.69 Å². The fourth-order valence-corrected chi connectivity index (χ4v) is 1.61.